The highest BCUT2D eigenvalue weighted by Gasteiger charge is 2.18. The van der Waals surface area contributed by atoms with Gasteiger partial charge < -0.3 is 10.4 Å². The van der Waals surface area contributed by atoms with E-state index in [1.165, 1.54) is 24.0 Å². The summed E-state index contributed by atoms with van der Waals surface area (Å²) in [6.45, 7) is 2.14. The van der Waals surface area contributed by atoms with E-state index in [9.17, 15) is 9.59 Å². The zero-order chi connectivity index (χ0) is 15.2. The quantitative estimate of drug-likeness (QED) is 0.846. The van der Waals surface area contributed by atoms with Crippen molar-refractivity contribution in [2.24, 2.45) is 5.92 Å². The second-order valence-corrected chi connectivity index (χ2v) is 5.72. The third kappa shape index (κ3) is 4.06. The minimum atomic E-state index is -0.845. The van der Waals surface area contributed by atoms with Crippen molar-refractivity contribution in [3.8, 4) is 0 Å². The highest BCUT2D eigenvalue weighted by molar-refractivity contribution is 5.94. The number of rotatable bonds is 6. The Labute approximate surface area is 125 Å². The number of amides is 1. The Hall–Kier alpha value is -1.84. The largest absolute Gasteiger partial charge is 0.481 e. The van der Waals surface area contributed by atoms with Crippen LogP contribution in [-0.4, -0.2) is 23.5 Å². The van der Waals surface area contributed by atoms with E-state index in [0.717, 1.165) is 19.3 Å². The summed E-state index contributed by atoms with van der Waals surface area (Å²) in [4.78, 5) is 23.2. The van der Waals surface area contributed by atoms with Crippen LogP contribution < -0.4 is 5.32 Å². The first-order valence-electron chi connectivity index (χ1n) is 7.74. The molecule has 1 aromatic carbocycles. The van der Waals surface area contributed by atoms with Gasteiger partial charge in [-0.2, -0.15) is 0 Å². The lowest BCUT2D eigenvalue weighted by molar-refractivity contribution is -0.141. The molecular formula is C17H23NO3. The van der Waals surface area contributed by atoms with Crippen LogP contribution in [0, 0.1) is 5.92 Å². The third-order valence-electron chi connectivity index (χ3n) is 4.11. The van der Waals surface area contributed by atoms with Gasteiger partial charge >= 0.3 is 5.97 Å². The molecule has 0 saturated heterocycles. The zero-order valence-electron chi connectivity index (χ0n) is 12.5. The van der Waals surface area contributed by atoms with Crippen LogP contribution in [-0.2, 0) is 17.6 Å². The first kappa shape index (κ1) is 15.5. The Morgan fingerprint density at radius 3 is 2.62 bits per heavy atom. The molecule has 4 nitrogen and oxygen atoms in total. The summed E-state index contributed by atoms with van der Waals surface area (Å²) in [6, 6.07) is 5.83. The van der Waals surface area contributed by atoms with Crippen LogP contribution in [0.2, 0.25) is 0 Å². The Morgan fingerprint density at radius 1 is 1.24 bits per heavy atom. The Kier molecular flexibility index (Phi) is 5.37. The molecule has 1 amide bonds. The molecule has 2 rings (SSSR count). The molecule has 114 valence electrons. The fraction of sp³-hybridized carbons (Fsp3) is 0.529. The summed E-state index contributed by atoms with van der Waals surface area (Å²) in [5, 5.41) is 11.8. The number of carbonyl (C=O) groups is 2. The van der Waals surface area contributed by atoms with Crippen LogP contribution in [0.15, 0.2) is 18.2 Å². The molecule has 1 aromatic rings. The Morgan fingerprint density at radius 2 is 1.95 bits per heavy atom. The normalized spacial score (nSPS) is 15.1. The van der Waals surface area contributed by atoms with Gasteiger partial charge in [0.1, 0.15) is 0 Å². The number of carboxylic acids is 1. The first-order chi connectivity index (χ1) is 10.1. The second kappa shape index (κ2) is 7.25. The van der Waals surface area contributed by atoms with Crippen molar-refractivity contribution in [1.29, 1.82) is 0 Å². The predicted molar refractivity (Wildman–Crippen MR) is 81.5 cm³/mol. The maximum atomic E-state index is 12.2. The molecule has 1 aliphatic carbocycles. The lowest BCUT2D eigenvalue weighted by Crippen LogP contribution is -2.33. The van der Waals surface area contributed by atoms with Crippen molar-refractivity contribution in [2.45, 2.75) is 45.4 Å². The van der Waals surface area contributed by atoms with Crippen LogP contribution >= 0.6 is 0 Å². The average Bonchev–Trinajstić information content (AvgIpc) is 2.50. The van der Waals surface area contributed by atoms with Crippen molar-refractivity contribution in [3.05, 3.63) is 34.9 Å². The molecule has 4 heteroatoms. The van der Waals surface area contributed by atoms with Gasteiger partial charge in [0.15, 0.2) is 0 Å². The number of hydrogen-bond donors (Lipinski definition) is 2. The van der Waals surface area contributed by atoms with Crippen LogP contribution in [0.5, 0.6) is 0 Å². The molecule has 21 heavy (non-hydrogen) atoms. The van der Waals surface area contributed by atoms with Crippen molar-refractivity contribution >= 4 is 11.9 Å². The van der Waals surface area contributed by atoms with Gasteiger partial charge in [0.05, 0.1) is 5.92 Å². The van der Waals surface area contributed by atoms with E-state index in [4.69, 9.17) is 5.11 Å². The van der Waals surface area contributed by atoms with Crippen LogP contribution in [0.3, 0.4) is 0 Å². The van der Waals surface area contributed by atoms with Gasteiger partial charge in [-0.25, -0.2) is 0 Å². The van der Waals surface area contributed by atoms with Crippen molar-refractivity contribution < 1.29 is 14.7 Å². The summed E-state index contributed by atoms with van der Waals surface area (Å²) in [5.74, 6) is -1.52. The SMILES string of the molecule is CCCC(CNC(=O)c1ccc2c(c1)CCCC2)C(=O)O. The van der Waals surface area contributed by atoms with Gasteiger partial charge in [-0.3, -0.25) is 9.59 Å². The van der Waals surface area contributed by atoms with E-state index in [-0.39, 0.29) is 12.5 Å². The molecule has 0 spiro atoms. The van der Waals surface area contributed by atoms with Crippen LogP contribution in [0.1, 0.15) is 54.1 Å². The van der Waals surface area contributed by atoms with E-state index >= 15 is 0 Å². The standard InChI is InChI=1S/C17H23NO3/c1-2-5-15(17(20)21)11-18-16(19)14-9-8-12-6-3-4-7-13(12)10-14/h8-10,15H,2-7,11H2,1H3,(H,18,19)(H,20,21). The number of nitrogens with one attached hydrogen (secondary N) is 1. The van der Waals surface area contributed by atoms with Gasteiger partial charge in [0, 0.05) is 12.1 Å². The molecule has 2 N–H and O–H groups in total. The van der Waals surface area contributed by atoms with E-state index < -0.39 is 11.9 Å². The molecule has 0 bridgehead atoms. The molecule has 1 aliphatic rings. The summed E-state index contributed by atoms with van der Waals surface area (Å²) in [7, 11) is 0. The molecule has 0 aromatic heterocycles. The number of carbonyl (C=O) groups excluding carboxylic acids is 1. The second-order valence-electron chi connectivity index (χ2n) is 5.72. The minimum Gasteiger partial charge on any atom is -0.481 e. The Bertz CT molecular complexity index is 525. The minimum absolute atomic E-state index is 0.175. The molecular weight excluding hydrogens is 266 g/mol. The first-order valence-corrected chi connectivity index (χ1v) is 7.74. The van der Waals surface area contributed by atoms with Gasteiger partial charge in [0.2, 0.25) is 0 Å². The summed E-state index contributed by atoms with van der Waals surface area (Å²) in [6.07, 6.45) is 5.90. The van der Waals surface area contributed by atoms with Crippen molar-refractivity contribution in [3.63, 3.8) is 0 Å². The highest BCUT2D eigenvalue weighted by atomic mass is 16.4. The number of aliphatic carboxylic acids is 1. The summed E-state index contributed by atoms with van der Waals surface area (Å²) in [5.41, 5.74) is 3.24. The highest BCUT2D eigenvalue weighted by Crippen LogP contribution is 2.22. The maximum Gasteiger partial charge on any atom is 0.308 e. The molecule has 1 unspecified atom stereocenters. The van der Waals surface area contributed by atoms with Crippen molar-refractivity contribution in [1.82, 2.24) is 5.32 Å². The number of aryl methyl sites for hydroxylation is 2. The third-order valence-corrected chi connectivity index (χ3v) is 4.11. The molecule has 0 radical (unpaired) electrons. The smallest absolute Gasteiger partial charge is 0.308 e. The molecule has 0 aliphatic heterocycles. The number of benzene rings is 1. The lowest BCUT2D eigenvalue weighted by Gasteiger charge is -2.17. The zero-order valence-corrected chi connectivity index (χ0v) is 12.5. The number of fused-ring (bicyclic) bond motifs is 1. The fourth-order valence-electron chi connectivity index (χ4n) is 2.85. The molecule has 0 heterocycles. The van der Waals surface area contributed by atoms with Crippen LogP contribution in [0.25, 0.3) is 0 Å². The molecule has 1 atom stereocenters. The monoisotopic (exact) mass is 289 g/mol. The van der Waals surface area contributed by atoms with Crippen LogP contribution in [0.4, 0.5) is 0 Å². The van der Waals surface area contributed by atoms with Gasteiger partial charge in [0.25, 0.3) is 5.91 Å². The summed E-state index contributed by atoms with van der Waals surface area (Å²) < 4.78 is 0. The predicted octanol–water partition coefficient (Wildman–Crippen LogP) is 2.80. The topological polar surface area (TPSA) is 66.4 Å². The number of carboxylic acid groups (broad SMARTS) is 1. The van der Waals surface area contributed by atoms with Gasteiger partial charge in [-0.1, -0.05) is 19.4 Å². The molecule has 0 fully saturated rings. The summed E-state index contributed by atoms with van der Waals surface area (Å²) >= 11 is 0. The Balaban J connectivity index is 1.98. The molecule has 0 saturated carbocycles. The fourth-order valence-corrected chi connectivity index (χ4v) is 2.85. The van der Waals surface area contributed by atoms with E-state index in [0.29, 0.717) is 12.0 Å². The number of hydrogen-bond acceptors (Lipinski definition) is 2. The lowest BCUT2D eigenvalue weighted by atomic mass is 9.90. The maximum absolute atomic E-state index is 12.2. The van der Waals surface area contributed by atoms with E-state index in [1.807, 2.05) is 25.1 Å². The van der Waals surface area contributed by atoms with E-state index in [1.54, 1.807) is 0 Å². The van der Waals surface area contributed by atoms with E-state index in [2.05, 4.69) is 5.32 Å². The van der Waals surface area contributed by atoms with Gasteiger partial charge in [-0.05, 0) is 55.4 Å². The average molecular weight is 289 g/mol. The van der Waals surface area contributed by atoms with Gasteiger partial charge in [-0.15, -0.1) is 0 Å². The van der Waals surface area contributed by atoms with Crippen molar-refractivity contribution in [2.75, 3.05) is 6.54 Å².